The molecule has 132 valence electrons. The molecule has 0 unspecified atom stereocenters. The summed E-state index contributed by atoms with van der Waals surface area (Å²) in [5.41, 5.74) is 3.41. The van der Waals surface area contributed by atoms with Crippen molar-refractivity contribution in [3.63, 3.8) is 0 Å². The van der Waals surface area contributed by atoms with E-state index in [0.29, 0.717) is 0 Å². The van der Waals surface area contributed by atoms with Crippen LogP contribution in [-0.4, -0.2) is 19.5 Å². The molecule has 0 aliphatic heterocycles. The molecule has 25 heavy (non-hydrogen) atoms. The molecule has 0 heterocycles. The molecule has 0 N–H and O–H groups in total. The average molecular weight is 335 g/mol. The van der Waals surface area contributed by atoms with Gasteiger partial charge in [-0.1, -0.05) is 63.9 Å². The van der Waals surface area contributed by atoms with E-state index in [4.69, 9.17) is 4.74 Å². The summed E-state index contributed by atoms with van der Waals surface area (Å²) in [6.45, 7) is 7.51. The van der Waals surface area contributed by atoms with E-state index in [9.17, 15) is 0 Å². The van der Waals surface area contributed by atoms with Gasteiger partial charge in [0.25, 0.3) is 0 Å². The fraction of sp³-hybridized carbons (Fsp3) is 0.391. The van der Waals surface area contributed by atoms with Crippen LogP contribution in [0.4, 0.5) is 0 Å². The Labute approximate surface area is 152 Å². The minimum Gasteiger partial charge on any atom is -0.493 e. The summed E-state index contributed by atoms with van der Waals surface area (Å²) in [5, 5.41) is 0. The Morgan fingerprint density at radius 2 is 1.64 bits per heavy atom. The molecule has 2 aromatic carbocycles. The fourth-order valence-electron chi connectivity index (χ4n) is 2.74. The molecule has 0 radical (unpaired) electrons. The number of aliphatic imine (C=N–C) groups is 1. The van der Waals surface area contributed by atoms with Crippen LogP contribution in [0.15, 0.2) is 59.6 Å². The molecule has 0 bridgehead atoms. The largest absolute Gasteiger partial charge is 0.493 e. The van der Waals surface area contributed by atoms with Crippen molar-refractivity contribution < 1.29 is 4.74 Å². The Hall–Kier alpha value is -2.31. The van der Waals surface area contributed by atoms with Crippen LogP contribution in [0.25, 0.3) is 5.57 Å². The molecule has 2 aromatic rings. The summed E-state index contributed by atoms with van der Waals surface area (Å²) in [7, 11) is 1.75. The summed E-state index contributed by atoms with van der Waals surface area (Å²) in [5.74, 6) is 4.03. The Morgan fingerprint density at radius 3 is 2.24 bits per heavy atom. The first kappa shape index (κ1) is 19.0. The minimum absolute atomic E-state index is 0.207. The Balaban J connectivity index is 2.10. The number of hydrogen-bond acceptors (Lipinski definition) is 2. The lowest BCUT2D eigenvalue weighted by Crippen LogP contribution is -2.21. The van der Waals surface area contributed by atoms with E-state index in [1.165, 1.54) is 19.3 Å². The summed E-state index contributed by atoms with van der Waals surface area (Å²) in [6.07, 6.45) is 3.66. The second kappa shape index (κ2) is 9.25. The monoisotopic (exact) mass is 335 g/mol. The first-order valence-electron chi connectivity index (χ1n) is 9.06. The molecular formula is C23H29NO. The number of benzene rings is 2. The third kappa shape index (κ3) is 5.92. The van der Waals surface area contributed by atoms with Crippen molar-refractivity contribution in [1.82, 2.24) is 0 Å². The maximum Gasteiger partial charge on any atom is 0.119 e. The molecule has 0 atom stereocenters. The van der Waals surface area contributed by atoms with Gasteiger partial charge in [0.1, 0.15) is 5.75 Å². The van der Waals surface area contributed by atoms with E-state index in [1.54, 1.807) is 7.05 Å². The van der Waals surface area contributed by atoms with E-state index in [1.807, 2.05) is 30.3 Å². The van der Waals surface area contributed by atoms with Crippen molar-refractivity contribution in [2.24, 2.45) is 10.4 Å². The number of rotatable bonds is 8. The van der Waals surface area contributed by atoms with E-state index in [2.05, 4.69) is 55.9 Å². The summed E-state index contributed by atoms with van der Waals surface area (Å²) < 4.78 is 6.02. The lowest BCUT2D eigenvalue weighted by molar-refractivity contribution is 0.166. The third-order valence-corrected chi connectivity index (χ3v) is 4.27. The first-order valence-corrected chi connectivity index (χ1v) is 9.06. The van der Waals surface area contributed by atoms with Crippen molar-refractivity contribution in [2.45, 2.75) is 40.0 Å². The minimum atomic E-state index is 0.207. The number of ether oxygens (including phenoxy) is 1. The van der Waals surface area contributed by atoms with Gasteiger partial charge < -0.3 is 4.74 Å². The zero-order valence-corrected chi connectivity index (χ0v) is 15.9. The maximum absolute atomic E-state index is 6.02. The third-order valence-electron chi connectivity index (χ3n) is 4.27. The second-order valence-corrected chi connectivity index (χ2v) is 7.16. The van der Waals surface area contributed by atoms with Gasteiger partial charge in [-0.05, 0) is 53.1 Å². The van der Waals surface area contributed by atoms with Gasteiger partial charge in [0.2, 0.25) is 0 Å². The molecule has 0 saturated carbocycles. The highest BCUT2D eigenvalue weighted by Crippen LogP contribution is 2.27. The van der Waals surface area contributed by atoms with Crippen molar-refractivity contribution in [1.29, 1.82) is 0 Å². The maximum atomic E-state index is 6.02. The Bertz CT molecular complexity index is 708. The molecule has 0 aromatic heterocycles. The van der Waals surface area contributed by atoms with Crippen LogP contribution in [0.3, 0.4) is 0 Å². The van der Waals surface area contributed by atoms with Crippen LogP contribution in [-0.2, 0) is 0 Å². The average Bonchev–Trinajstić information content (AvgIpc) is 2.64. The number of unbranched alkanes of at least 4 members (excludes halogenated alkanes) is 1. The quantitative estimate of drug-likeness (QED) is 0.541. The van der Waals surface area contributed by atoms with Crippen LogP contribution in [0.2, 0.25) is 0 Å². The van der Waals surface area contributed by atoms with Gasteiger partial charge in [-0.25, -0.2) is 4.99 Å². The van der Waals surface area contributed by atoms with E-state index >= 15 is 0 Å². The summed E-state index contributed by atoms with van der Waals surface area (Å²) in [4.78, 5) is 4.09. The Kier molecular flexibility index (Phi) is 7.03. The van der Waals surface area contributed by atoms with E-state index in [-0.39, 0.29) is 5.41 Å². The highest BCUT2D eigenvalue weighted by Gasteiger charge is 2.18. The molecule has 0 spiro atoms. The molecule has 2 nitrogen and oxygen atoms in total. The predicted molar refractivity (Wildman–Crippen MR) is 108 cm³/mol. The van der Waals surface area contributed by atoms with Crippen LogP contribution < -0.4 is 4.74 Å². The van der Waals surface area contributed by atoms with Gasteiger partial charge in [-0.3, -0.25) is 0 Å². The van der Waals surface area contributed by atoms with Gasteiger partial charge in [0.15, 0.2) is 0 Å². The van der Waals surface area contributed by atoms with E-state index < -0.39 is 0 Å². The Morgan fingerprint density at radius 1 is 1.00 bits per heavy atom. The van der Waals surface area contributed by atoms with Crippen molar-refractivity contribution in [3.05, 3.63) is 65.7 Å². The molecule has 0 aliphatic rings. The summed E-state index contributed by atoms with van der Waals surface area (Å²) >= 11 is 0. The van der Waals surface area contributed by atoms with E-state index in [0.717, 1.165) is 29.1 Å². The predicted octanol–water partition coefficient (Wildman–Crippen LogP) is 6.01. The molecule has 0 amide bonds. The molecule has 2 heteroatoms. The van der Waals surface area contributed by atoms with Crippen molar-refractivity contribution in [3.8, 4) is 5.75 Å². The van der Waals surface area contributed by atoms with Gasteiger partial charge in [-0.2, -0.15) is 0 Å². The molecule has 0 aliphatic carbocycles. The van der Waals surface area contributed by atoms with Crippen molar-refractivity contribution in [2.75, 3.05) is 13.7 Å². The van der Waals surface area contributed by atoms with Gasteiger partial charge in [0.05, 0.1) is 12.2 Å². The van der Waals surface area contributed by atoms with Gasteiger partial charge in [-0.15, -0.1) is 0 Å². The van der Waals surface area contributed by atoms with Gasteiger partial charge in [0, 0.05) is 7.05 Å². The smallest absolute Gasteiger partial charge is 0.119 e. The van der Waals surface area contributed by atoms with Crippen LogP contribution >= 0.6 is 0 Å². The lowest BCUT2D eigenvalue weighted by Gasteiger charge is -2.24. The standard InChI is InChI=1S/C23H29NO/c1-5-6-16-23(2,3)18-25-21-14-12-20(13-15-21)22(17-24-4)19-10-8-7-9-11-19/h7-15H,5-6,16,18H2,1-4H3. The molecule has 0 saturated heterocycles. The summed E-state index contributed by atoms with van der Waals surface area (Å²) in [6, 6.07) is 18.5. The number of hydrogen-bond donors (Lipinski definition) is 0. The molecule has 0 fully saturated rings. The second-order valence-electron chi connectivity index (χ2n) is 7.16. The normalized spacial score (nSPS) is 10.9. The molecule has 2 rings (SSSR count). The van der Waals surface area contributed by atoms with Gasteiger partial charge >= 0.3 is 0 Å². The van der Waals surface area contributed by atoms with Crippen molar-refractivity contribution >= 4 is 11.4 Å². The zero-order chi connectivity index (χ0) is 18.1. The van der Waals surface area contributed by atoms with Crippen LogP contribution in [0.5, 0.6) is 5.75 Å². The first-order chi connectivity index (χ1) is 12.1. The lowest BCUT2D eigenvalue weighted by atomic mass is 9.88. The zero-order valence-electron chi connectivity index (χ0n) is 15.9. The molecular weight excluding hydrogens is 306 g/mol. The highest BCUT2D eigenvalue weighted by molar-refractivity contribution is 5.98. The van der Waals surface area contributed by atoms with Crippen LogP contribution in [0, 0.1) is 5.41 Å². The SMILES string of the molecule is CCCCC(C)(C)COc1ccc(C(=C=NC)c2ccccc2)cc1. The van der Waals surface area contributed by atoms with Crippen LogP contribution in [0.1, 0.15) is 51.2 Å². The number of nitrogens with zero attached hydrogens (tertiary/aromatic N) is 1. The highest BCUT2D eigenvalue weighted by atomic mass is 16.5. The fourth-order valence-corrected chi connectivity index (χ4v) is 2.74. The topological polar surface area (TPSA) is 21.6 Å².